The van der Waals surface area contributed by atoms with Crippen LogP contribution in [0.3, 0.4) is 0 Å². The molecule has 2 nitrogen and oxygen atoms in total. The quantitative estimate of drug-likeness (QED) is 0.839. The number of nitrogens with two attached hydrogens (primary N) is 1. The van der Waals surface area contributed by atoms with Gasteiger partial charge in [0, 0.05) is 25.0 Å². The maximum atomic E-state index is 13.3. The first kappa shape index (κ1) is 12.4. The van der Waals surface area contributed by atoms with E-state index in [1.807, 2.05) is 19.2 Å². The third-order valence-corrected chi connectivity index (χ3v) is 2.93. The highest BCUT2D eigenvalue weighted by atomic mass is 19.1. The average Bonchev–Trinajstić information content (AvgIpc) is 2.27. The molecule has 0 aromatic heterocycles. The van der Waals surface area contributed by atoms with Crippen LogP contribution in [-0.4, -0.2) is 7.05 Å². The number of rotatable bonds is 3. The summed E-state index contributed by atoms with van der Waals surface area (Å²) in [4.78, 5) is 2.09. The predicted octanol–water partition coefficient (Wildman–Crippen LogP) is 3.35. The van der Waals surface area contributed by atoms with Crippen LogP contribution >= 0.6 is 0 Å². The van der Waals surface area contributed by atoms with Crippen molar-refractivity contribution in [3.63, 3.8) is 0 Å². The van der Waals surface area contributed by atoms with Gasteiger partial charge in [-0.3, -0.25) is 0 Å². The Labute approximate surface area is 107 Å². The van der Waals surface area contributed by atoms with E-state index in [2.05, 4.69) is 24.0 Å². The summed E-state index contributed by atoms with van der Waals surface area (Å²) in [5.74, 6) is -0.289. The van der Waals surface area contributed by atoms with Gasteiger partial charge in [-0.15, -0.1) is 0 Å². The maximum absolute atomic E-state index is 13.3. The van der Waals surface area contributed by atoms with E-state index in [1.54, 1.807) is 6.07 Å². The Morgan fingerprint density at radius 1 is 1.17 bits per heavy atom. The minimum absolute atomic E-state index is 0.289. The summed E-state index contributed by atoms with van der Waals surface area (Å²) >= 11 is 0. The molecule has 2 N–H and O–H groups in total. The fraction of sp³-hybridized carbons (Fsp3) is 0.200. The molecule has 2 aromatic carbocycles. The van der Waals surface area contributed by atoms with Crippen molar-refractivity contribution < 1.29 is 4.39 Å². The molecule has 0 saturated carbocycles. The summed E-state index contributed by atoms with van der Waals surface area (Å²) in [7, 11) is 1.99. The summed E-state index contributed by atoms with van der Waals surface area (Å²) in [5.41, 5.74) is 9.32. The number of halogens is 1. The van der Waals surface area contributed by atoms with Crippen molar-refractivity contribution in [3.05, 3.63) is 59.4 Å². The first-order valence-corrected chi connectivity index (χ1v) is 5.88. The molecule has 0 unspecified atom stereocenters. The molecule has 2 aromatic rings. The minimum Gasteiger partial charge on any atom is -0.399 e. The largest absolute Gasteiger partial charge is 0.399 e. The number of nitrogens with zero attached hydrogens (tertiary/aromatic N) is 1. The van der Waals surface area contributed by atoms with Crippen molar-refractivity contribution in [3.8, 4) is 0 Å². The Kier molecular flexibility index (Phi) is 3.51. The van der Waals surface area contributed by atoms with Crippen LogP contribution in [-0.2, 0) is 6.54 Å². The molecule has 0 radical (unpaired) electrons. The van der Waals surface area contributed by atoms with Crippen LogP contribution in [0.2, 0.25) is 0 Å². The summed E-state index contributed by atoms with van der Waals surface area (Å²) in [6, 6.07) is 12.8. The van der Waals surface area contributed by atoms with Crippen molar-refractivity contribution in [2.24, 2.45) is 0 Å². The Morgan fingerprint density at radius 3 is 2.56 bits per heavy atom. The Hall–Kier alpha value is -2.03. The van der Waals surface area contributed by atoms with Crippen LogP contribution in [0.5, 0.6) is 0 Å². The monoisotopic (exact) mass is 244 g/mol. The standard InChI is InChI=1S/C15H17FN2/c1-11-5-3-4-6-15(11)18(2)10-12-7-13(16)9-14(17)8-12/h3-9H,10,17H2,1-2H3. The van der Waals surface area contributed by atoms with E-state index in [4.69, 9.17) is 5.73 Å². The van der Waals surface area contributed by atoms with Crippen LogP contribution in [0.15, 0.2) is 42.5 Å². The molecular weight excluding hydrogens is 227 g/mol. The molecule has 0 amide bonds. The summed E-state index contributed by atoms with van der Waals surface area (Å²) in [6.07, 6.45) is 0. The van der Waals surface area contributed by atoms with Gasteiger partial charge in [0.25, 0.3) is 0 Å². The number of aryl methyl sites for hydroxylation is 1. The molecular formula is C15H17FN2. The van der Waals surface area contributed by atoms with Gasteiger partial charge in [-0.05, 0) is 42.3 Å². The first-order valence-electron chi connectivity index (χ1n) is 5.88. The molecule has 0 heterocycles. The number of anilines is 2. The van der Waals surface area contributed by atoms with Gasteiger partial charge in [0.1, 0.15) is 5.82 Å². The second-order valence-electron chi connectivity index (χ2n) is 4.54. The zero-order valence-electron chi connectivity index (χ0n) is 10.7. The minimum atomic E-state index is -0.289. The summed E-state index contributed by atoms with van der Waals surface area (Å²) in [6.45, 7) is 2.69. The average molecular weight is 244 g/mol. The zero-order chi connectivity index (χ0) is 13.1. The van der Waals surface area contributed by atoms with Crippen molar-refractivity contribution in [1.29, 1.82) is 0 Å². The number of para-hydroxylation sites is 1. The summed E-state index contributed by atoms with van der Waals surface area (Å²) in [5, 5.41) is 0. The Balaban J connectivity index is 2.21. The zero-order valence-corrected chi connectivity index (χ0v) is 10.7. The lowest BCUT2D eigenvalue weighted by molar-refractivity contribution is 0.626. The highest BCUT2D eigenvalue weighted by Crippen LogP contribution is 2.21. The van der Waals surface area contributed by atoms with Gasteiger partial charge in [-0.25, -0.2) is 4.39 Å². The van der Waals surface area contributed by atoms with E-state index < -0.39 is 0 Å². The number of benzene rings is 2. The van der Waals surface area contributed by atoms with Gasteiger partial charge in [-0.1, -0.05) is 18.2 Å². The second-order valence-corrected chi connectivity index (χ2v) is 4.54. The van der Waals surface area contributed by atoms with Crippen molar-refractivity contribution in [2.45, 2.75) is 13.5 Å². The van der Waals surface area contributed by atoms with E-state index in [0.717, 1.165) is 11.3 Å². The molecule has 3 heteroatoms. The molecule has 0 bridgehead atoms. The third-order valence-electron chi connectivity index (χ3n) is 2.93. The van der Waals surface area contributed by atoms with Gasteiger partial charge in [-0.2, -0.15) is 0 Å². The van der Waals surface area contributed by atoms with E-state index in [0.29, 0.717) is 12.2 Å². The van der Waals surface area contributed by atoms with E-state index in [-0.39, 0.29) is 5.82 Å². The SMILES string of the molecule is Cc1ccccc1N(C)Cc1cc(N)cc(F)c1. The van der Waals surface area contributed by atoms with E-state index in [1.165, 1.54) is 17.7 Å². The molecule has 0 saturated heterocycles. The van der Waals surface area contributed by atoms with Crippen molar-refractivity contribution in [2.75, 3.05) is 17.7 Å². The van der Waals surface area contributed by atoms with Gasteiger partial charge in [0.2, 0.25) is 0 Å². The fourth-order valence-corrected chi connectivity index (χ4v) is 2.12. The lowest BCUT2D eigenvalue weighted by atomic mass is 10.1. The molecule has 94 valence electrons. The third kappa shape index (κ3) is 2.80. The van der Waals surface area contributed by atoms with Crippen molar-refractivity contribution >= 4 is 11.4 Å². The molecule has 18 heavy (non-hydrogen) atoms. The van der Waals surface area contributed by atoms with E-state index >= 15 is 0 Å². The van der Waals surface area contributed by atoms with Crippen LogP contribution in [0, 0.1) is 12.7 Å². The van der Waals surface area contributed by atoms with Crippen LogP contribution in [0.25, 0.3) is 0 Å². The van der Waals surface area contributed by atoms with Crippen LogP contribution < -0.4 is 10.6 Å². The normalized spacial score (nSPS) is 10.4. The van der Waals surface area contributed by atoms with E-state index in [9.17, 15) is 4.39 Å². The lowest BCUT2D eigenvalue weighted by Gasteiger charge is -2.21. The smallest absolute Gasteiger partial charge is 0.125 e. The molecule has 0 aliphatic rings. The second kappa shape index (κ2) is 5.08. The van der Waals surface area contributed by atoms with Gasteiger partial charge >= 0.3 is 0 Å². The fourth-order valence-electron chi connectivity index (χ4n) is 2.12. The topological polar surface area (TPSA) is 29.3 Å². The number of hydrogen-bond acceptors (Lipinski definition) is 2. The van der Waals surface area contributed by atoms with Crippen LogP contribution in [0.4, 0.5) is 15.8 Å². The molecule has 0 fully saturated rings. The Morgan fingerprint density at radius 2 is 1.89 bits per heavy atom. The highest BCUT2D eigenvalue weighted by molar-refractivity contribution is 5.53. The molecule has 0 aliphatic heterocycles. The Bertz CT molecular complexity index is 532. The first-order chi connectivity index (χ1) is 8.56. The number of hydrogen-bond donors (Lipinski definition) is 1. The van der Waals surface area contributed by atoms with Crippen LogP contribution in [0.1, 0.15) is 11.1 Å². The molecule has 2 rings (SSSR count). The van der Waals surface area contributed by atoms with Crippen molar-refractivity contribution in [1.82, 2.24) is 0 Å². The maximum Gasteiger partial charge on any atom is 0.125 e. The van der Waals surface area contributed by atoms with Gasteiger partial charge in [0.05, 0.1) is 0 Å². The molecule has 0 aliphatic carbocycles. The highest BCUT2D eigenvalue weighted by Gasteiger charge is 2.06. The van der Waals surface area contributed by atoms with Gasteiger partial charge in [0.15, 0.2) is 0 Å². The molecule has 0 spiro atoms. The summed E-state index contributed by atoms with van der Waals surface area (Å²) < 4.78 is 13.3. The molecule has 0 atom stereocenters. The number of nitrogen functional groups attached to an aromatic ring is 1. The van der Waals surface area contributed by atoms with Gasteiger partial charge < -0.3 is 10.6 Å². The predicted molar refractivity (Wildman–Crippen MR) is 74.1 cm³/mol. The lowest BCUT2D eigenvalue weighted by Crippen LogP contribution is -2.17.